The molecule has 1 fully saturated rings. The summed E-state index contributed by atoms with van der Waals surface area (Å²) in [6, 6.07) is 28.5. The van der Waals surface area contributed by atoms with Gasteiger partial charge in [-0.05, 0) is 29.8 Å². The van der Waals surface area contributed by atoms with Crippen LogP contribution in [0.4, 0.5) is 11.4 Å². The first kappa shape index (κ1) is 19.9. The van der Waals surface area contributed by atoms with Gasteiger partial charge in [-0.25, -0.2) is 4.99 Å². The van der Waals surface area contributed by atoms with Crippen molar-refractivity contribution in [2.75, 3.05) is 5.32 Å². The summed E-state index contributed by atoms with van der Waals surface area (Å²) in [6.07, 6.45) is 0.129. The maximum atomic E-state index is 13.0. The molecule has 0 aliphatic carbocycles. The Labute approximate surface area is 179 Å². The summed E-state index contributed by atoms with van der Waals surface area (Å²) in [5.74, 6) is -0.305. The zero-order valence-corrected chi connectivity index (χ0v) is 17.1. The van der Waals surface area contributed by atoms with Crippen LogP contribution in [0.15, 0.2) is 96.0 Å². The van der Waals surface area contributed by atoms with Gasteiger partial charge in [0.1, 0.15) is 5.25 Å². The van der Waals surface area contributed by atoms with Gasteiger partial charge in [-0.1, -0.05) is 78.5 Å². The Morgan fingerprint density at radius 3 is 2.20 bits per heavy atom. The van der Waals surface area contributed by atoms with E-state index in [1.54, 1.807) is 4.90 Å². The fourth-order valence-corrected chi connectivity index (χ4v) is 4.22. The van der Waals surface area contributed by atoms with Gasteiger partial charge in [0, 0.05) is 12.1 Å². The van der Waals surface area contributed by atoms with E-state index in [4.69, 9.17) is 4.99 Å². The molecule has 1 saturated heterocycles. The molecule has 3 aromatic carbocycles. The van der Waals surface area contributed by atoms with Crippen LogP contribution in [-0.4, -0.2) is 27.1 Å². The lowest BCUT2D eigenvalue weighted by molar-refractivity contribution is -0.129. The van der Waals surface area contributed by atoms with Crippen molar-refractivity contribution in [3.05, 3.63) is 96.6 Å². The standard InChI is InChI=1S/C24H21N3O2S/c28-22-16-21(23(29)25-19-12-6-2-7-13-19)30-24(26-20-14-8-3-9-15-20)27(22)17-18-10-4-1-5-11-18/h1-15,21H,16-17H2,(H,25,29). The Morgan fingerprint density at radius 1 is 0.933 bits per heavy atom. The SMILES string of the molecule is O=C(Nc1ccccc1)C1CC(=O)N(Cc2ccccc2)C(=Nc2ccccc2)S1. The van der Waals surface area contributed by atoms with Crippen molar-refractivity contribution >= 4 is 40.1 Å². The maximum Gasteiger partial charge on any atom is 0.238 e. The number of para-hydroxylation sites is 2. The number of anilines is 1. The second kappa shape index (κ2) is 9.41. The molecule has 1 aliphatic heterocycles. The van der Waals surface area contributed by atoms with E-state index in [-0.39, 0.29) is 18.2 Å². The van der Waals surface area contributed by atoms with Gasteiger partial charge in [0.2, 0.25) is 11.8 Å². The number of nitrogens with zero attached hydrogens (tertiary/aromatic N) is 2. The van der Waals surface area contributed by atoms with Crippen molar-refractivity contribution < 1.29 is 9.59 Å². The molecule has 1 unspecified atom stereocenters. The molecule has 0 bridgehead atoms. The smallest absolute Gasteiger partial charge is 0.238 e. The van der Waals surface area contributed by atoms with Gasteiger partial charge < -0.3 is 5.32 Å². The third-order valence-electron chi connectivity index (χ3n) is 4.64. The van der Waals surface area contributed by atoms with Crippen LogP contribution >= 0.6 is 11.8 Å². The first-order valence-corrected chi connectivity index (χ1v) is 10.6. The van der Waals surface area contributed by atoms with E-state index in [9.17, 15) is 9.59 Å². The molecule has 1 aliphatic rings. The van der Waals surface area contributed by atoms with Gasteiger partial charge in [-0.15, -0.1) is 0 Å². The van der Waals surface area contributed by atoms with Crippen LogP contribution in [0.1, 0.15) is 12.0 Å². The molecule has 4 rings (SSSR count). The Bertz CT molecular complexity index is 1040. The number of benzene rings is 3. The van der Waals surface area contributed by atoms with Crippen molar-refractivity contribution in [2.24, 2.45) is 4.99 Å². The number of nitrogens with one attached hydrogen (secondary N) is 1. The number of hydrogen-bond donors (Lipinski definition) is 1. The highest BCUT2D eigenvalue weighted by Crippen LogP contribution is 2.31. The maximum absolute atomic E-state index is 13.0. The molecule has 3 aromatic rings. The highest BCUT2D eigenvalue weighted by atomic mass is 32.2. The van der Waals surface area contributed by atoms with Gasteiger partial charge in [0.15, 0.2) is 5.17 Å². The average Bonchev–Trinajstić information content (AvgIpc) is 2.78. The molecule has 6 heteroatoms. The topological polar surface area (TPSA) is 61.8 Å². The van der Waals surface area contributed by atoms with Crippen molar-refractivity contribution in [3.8, 4) is 0 Å². The lowest BCUT2D eigenvalue weighted by Crippen LogP contribution is -2.44. The van der Waals surface area contributed by atoms with Crippen LogP contribution in [0.2, 0.25) is 0 Å². The van der Waals surface area contributed by atoms with E-state index >= 15 is 0 Å². The second-order valence-corrected chi connectivity index (χ2v) is 8.03. The number of carbonyl (C=O) groups is 2. The minimum absolute atomic E-state index is 0.111. The fourth-order valence-electron chi connectivity index (χ4n) is 3.12. The molecule has 1 atom stereocenters. The van der Waals surface area contributed by atoms with Gasteiger partial charge in [-0.3, -0.25) is 14.5 Å². The summed E-state index contributed by atoms with van der Waals surface area (Å²) in [6.45, 7) is 0.422. The summed E-state index contributed by atoms with van der Waals surface area (Å²) in [5, 5.41) is 2.90. The van der Waals surface area contributed by atoms with Crippen molar-refractivity contribution in [3.63, 3.8) is 0 Å². The lowest BCUT2D eigenvalue weighted by Gasteiger charge is -2.32. The van der Waals surface area contributed by atoms with Crippen molar-refractivity contribution in [1.29, 1.82) is 0 Å². The van der Waals surface area contributed by atoms with Crippen molar-refractivity contribution in [2.45, 2.75) is 18.2 Å². The molecular weight excluding hydrogens is 394 g/mol. The zero-order valence-electron chi connectivity index (χ0n) is 16.3. The summed E-state index contributed by atoms with van der Waals surface area (Å²) in [4.78, 5) is 32.2. The van der Waals surface area contributed by atoms with Crippen LogP contribution in [0.5, 0.6) is 0 Å². The van der Waals surface area contributed by atoms with E-state index in [0.717, 1.165) is 11.3 Å². The number of amides is 2. The minimum Gasteiger partial charge on any atom is -0.325 e. The highest BCUT2D eigenvalue weighted by Gasteiger charge is 2.36. The van der Waals surface area contributed by atoms with Crippen LogP contribution < -0.4 is 5.32 Å². The molecule has 0 aromatic heterocycles. The molecule has 2 amide bonds. The first-order valence-electron chi connectivity index (χ1n) is 9.69. The summed E-state index contributed by atoms with van der Waals surface area (Å²) in [7, 11) is 0. The van der Waals surface area contributed by atoms with E-state index in [2.05, 4.69) is 5.32 Å². The number of aliphatic imine (C=N–C) groups is 1. The van der Waals surface area contributed by atoms with Crippen LogP contribution in [0.25, 0.3) is 0 Å². The molecule has 0 saturated carbocycles. The summed E-state index contributed by atoms with van der Waals surface area (Å²) in [5.41, 5.74) is 2.47. The van der Waals surface area contributed by atoms with E-state index in [1.165, 1.54) is 11.8 Å². The zero-order chi connectivity index (χ0) is 20.8. The van der Waals surface area contributed by atoms with Crippen LogP contribution in [0.3, 0.4) is 0 Å². The Balaban J connectivity index is 1.58. The van der Waals surface area contributed by atoms with Gasteiger partial charge >= 0.3 is 0 Å². The molecule has 1 heterocycles. The third kappa shape index (κ3) is 4.96. The molecule has 5 nitrogen and oxygen atoms in total. The first-order chi connectivity index (χ1) is 14.7. The van der Waals surface area contributed by atoms with Gasteiger partial charge in [-0.2, -0.15) is 0 Å². The number of amidine groups is 1. The Hall–Kier alpha value is -3.38. The monoisotopic (exact) mass is 415 g/mol. The minimum atomic E-state index is -0.535. The quantitative estimate of drug-likeness (QED) is 0.648. The van der Waals surface area contributed by atoms with Gasteiger partial charge in [0.05, 0.1) is 12.2 Å². The third-order valence-corrected chi connectivity index (χ3v) is 5.83. The van der Waals surface area contributed by atoms with Crippen molar-refractivity contribution in [1.82, 2.24) is 4.90 Å². The molecule has 30 heavy (non-hydrogen) atoms. The predicted octanol–water partition coefficient (Wildman–Crippen LogP) is 4.85. The van der Waals surface area contributed by atoms with Crippen LogP contribution in [-0.2, 0) is 16.1 Å². The number of thioether (sulfide) groups is 1. The highest BCUT2D eigenvalue weighted by molar-refractivity contribution is 8.15. The number of carbonyl (C=O) groups excluding carboxylic acids is 2. The number of rotatable bonds is 5. The average molecular weight is 416 g/mol. The molecule has 1 N–H and O–H groups in total. The lowest BCUT2D eigenvalue weighted by atomic mass is 10.2. The molecule has 0 spiro atoms. The largest absolute Gasteiger partial charge is 0.325 e. The summed E-state index contributed by atoms with van der Waals surface area (Å²) < 4.78 is 0. The number of hydrogen-bond acceptors (Lipinski definition) is 4. The summed E-state index contributed by atoms with van der Waals surface area (Å²) >= 11 is 1.33. The predicted molar refractivity (Wildman–Crippen MR) is 122 cm³/mol. The van der Waals surface area contributed by atoms with E-state index in [1.807, 2.05) is 91.0 Å². The van der Waals surface area contributed by atoms with Gasteiger partial charge in [0.25, 0.3) is 0 Å². The van der Waals surface area contributed by atoms with Crippen LogP contribution in [0, 0.1) is 0 Å². The fraction of sp³-hybridized carbons (Fsp3) is 0.125. The molecule has 150 valence electrons. The second-order valence-electron chi connectivity index (χ2n) is 6.86. The Morgan fingerprint density at radius 2 is 1.53 bits per heavy atom. The normalized spacial score (nSPS) is 17.7. The van der Waals surface area contributed by atoms with E-state index in [0.29, 0.717) is 17.4 Å². The molecule has 0 radical (unpaired) electrons. The molecular formula is C24H21N3O2S. The van der Waals surface area contributed by atoms with E-state index < -0.39 is 5.25 Å². The Kier molecular flexibility index (Phi) is 6.25.